The van der Waals surface area contributed by atoms with E-state index in [1.807, 2.05) is 91.0 Å². The van der Waals surface area contributed by atoms with Crippen LogP contribution in [-0.2, 0) is 16.0 Å². The molecule has 6 rings (SSSR count). The molecule has 0 fully saturated rings. The van der Waals surface area contributed by atoms with Gasteiger partial charge < -0.3 is 15.2 Å². The third-order valence-electron chi connectivity index (χ3n) is 7.29. The summed E-state index contributed by atoms with van der Waals surface area (Å²) in [4.78, 5) is 25.2. The van der Waals surface area contributed by atoms with E-state index in [2.05, 4.69) is 33.4 Å². The Bertz CT molecular complexity index is 1670. The molecule has 41 heavy (non-hydrogen) atoms. The fourth-order valence-corrected chi connectivity index (χ4v) is 5.59. The molecule has 5 aromatic rings. The second kappa shape index (κ2) is 11.4. The Morgan fingerprint density at radius 1 is 0.878 bits per heavy atom. The number of rotatable bonds is 8. The molecule has 1 atom stereocenters. The number of aliphatic carboxylic acids is 1. The van der Waals surface area contributed by atoms with Crippen LogP contribution in [0.3, 0.4) is 0 Å². The summed E-state index contributed by atoms with van der Waals surface area (Å²) in [5.74, 6) is -1.28. The number of alkyl carbamates (subject to hydrolysis) is 1. The number of hydrogen-bond acceptors (Lipinski definition) is 4. The van der Waals surface area contributed by atoms with Gasteiger partial charge in [-0.3, -0.25) is 0 Å². The van der Waals surface area contributed by atoms with Crippen molar-refractivity contribution in [1.29, 1.82) is 0 Å². The number of carbonyl (C=O) groups excluding carboxylic acids is 1. The van der Waals surface area contributed by atoms with Gasteiger partial charge in [-0.25, -0.2) is 14.3 Å². The van der Waals surface area contributed by atoms with Crippen LogP contribution >= 0.6 is 15.9 Å². The summed E-state index contributed by atoms with van der Waals surface area (Å²) in [5.41, 5.74) is 7.43. The number of nitrogens with one attached hydrogen (secondary N) is 1. The number of carbonyl (C=O) groups is 2. The van der Waals surface area contributed by atoms with E-state index < -0.39 is 18.1 Å². The van der Waals surface area contributed by atoms with Crippen LogP contribution in [0.1, 0.15) is 22.6 Å². The van der Waals surface area contributed by atoms with Gasteiger partial charge in [-0.05, 0) is 46.5 Å². The molecule has 0 aliphatic heterocycles. The molecule has 0 bridgehead atoms. The summed E-state index contributed by atoms with van der Waals surface area (Å²) in [6.45, 7) is 0.100. The molecule has 8 heteroatoms. The molecule has 204 valence electrons. The Kier molecular flexibility index (Phi) is 7.39. The summed E-state index contributed by atoms with van der Waals surface area (Å²) in [5, 5.41) is 17.4. The van der Waals surface area contributed by atoms with Crippen molar-refractivity contribution in [2.75, 3.05) is 6.61 Å². The Balaban J connectivity index is 1.21. The van der Waals surface area contributed by atoms with Crippen LogP contribution in [0.15, 0.2) is 114 Å². The second-order valence-corrected chi connectivity index (χ2v) is 10.8. The maximum atomic E-state index is 12.9. The van der Waals surface area contributed by atoms with Crippen molar-refractivity contribution in [3.8, 4) is 28.1 Å². The fraction of sp³-hybridized carbons (Fsp3) is 0.121. The van der Waals surface area contributed by atoms with Gasteiger partial charge in [0.1, 0.15) is 12.6 Å². The number of nitrogens with zero attached hydrogens (tertiary/aromatic N) is 2. The SMILES string of the molecule is O=C(NC(Cc1cn(-c2ccc(Br)cc2)nc1-c1ccccc1)C(=O)O)OCC1c2ccccc2-c2ccccc21. The normalized spacial score (nSPS) is 12.8. The molecule has 1 aromatic heterocycles. The van der Waals surface area contributed by atoms with Crippen LogP contribution in [0, 0.1) is 0 Å². The lowest BCUT2D eigenvalue weighted by Crippen LogP contribution is -2.43. The van der Waals surface area contributed by atoms with Crippen molar-refractivity contribution < 1.29 is 19.4 Å². The third kappa shape index (κ3) is 5.51. The minimum atomic E-state index is -1.21. The van der Waals surface area contributed by atoms with E-state index in [0.29, 0.717) is 11.3 Å². The lowest BCUT2D eigenvalue weighted by Gasteiger charge is -2.17. The zero-order chi connectivity index (χ0) is 28.3. The van der Waals surface area contributed by atoms with E-state index in [1.54, 1.807) is 10.9 Å². The Morgan fingerprint density at radius 2 is 1.49 bits per heavy atom. The highest BCUT2D eigenvalue weighted by Gasteiger charge is 2.30. The molecule has 1 heterocycles. The highest BCUT2D eigenvalue weighted by atomic mass is 79.9. The second-order valence-electron chi connectivity index (χ2n) is 9.85. The monoisotopic (exact) mass is 607 g/mol. The summed E-state index contributed by atoms with van der Waals surface area (Å²) in [7, 11) is 0. The quantitative estimate of drug-likeness (QED) is 0.201. The minimum absolute atomic E-state index is 0.0281. The highest BCUT2D eigenvalue weighted by molar-refractivity contribution is 9.10. The van der Waals surface area contributed by atoms with E-state index in [1.165, 1.54) is 0 Å². The number of fused-ring (bicyclic) bond motifs is 3. The maximum absolute atomic E-state index is 12.9. The van der Waals surface area contributed by atoms with Gasteiger partial charge >= 0.3 is 12.1 Å². The van der Waals surface area contributed by atoms with Crippen molar-refractivity contribution in [3.05, 3.63) is 130 Å². The van der Waals surface area contributed by atoms with E-state index in [9.17, 15) is 14.7 Å². The molecule has 0 radical (unpaired) electrons. The number of aromatic nitrogens is 2. The average Bonchev–Trinajstić information content (AvgIpc) is 3.56. The predicted molar refractivity (Wildman–Crippen MR) is 160 cm³/mol. The topological polar surface area (TPSA) is 93.5 Å². The molecule has 1 amide bonds. The van der Waals surface area contributed by atoms with Gasteiger partial charge in [0.05, 0.1) is 11.4 Å². The first-order chi connectivity index (χ1) is 20.0. The Labute approximate surface area is 245 Å². The summed E-state index contributed by atoms with van der Waals surface area (Å²) >= 11 is 3.45. The van der Waals surface area contributed by atoms with E-state index >= 15 is 0 Å². The lowest BCUT2D eigenvalue weighted by atomic mass is 9.98. The average molecular weight is 608 g/mol. The first-order valence-electron chi connectivity index (χ1n) is 13.2. The highest BCUT2D eigenvalue weighted by Crippen LogP contribution is 2.44. The Hall–Kier alpha value is -4.69. The number of halogens is 1. The molecule has 0 saturated heterocycles. The van der Waals surface area contributed by atoms with Crippen molar-refractivity contribution >= 4 is 28.0 Å². The van der Waals surface area contributed by atoms with E-state index in [0.717, 1.165) is 38.0 Å². The van der Waals surface area contributed by atoms with Gasteiger partial charge in [-0.15, -0.1) is 0 Å². The molecular weight excluding hydrogens is 582 g/mol. The number of carboxylic acids is 1. The van der Waals surface area contributed by atoms with Crippen molar-refractivity contribution in [3.63, 3.8) is 0 Å². The van der Waals surface area contributed by atoms with Crippen LogP contribution in [-0.4, -0.2) is 39.6 Å². The number of hydrogen-bond donors (Lipinski definition) is 2. The molecule has 4 aromatic carbocycles. The lowest BCUT2D eigenvalue weighted by molar-refractivity contribution is -0.139. The van der Waals surface area contributed by atoms with Gasteiger partial charge in [0.25, 0.3) is 0 Å². The van der Waals surface area contributed by atoms with Gasteiger partial charge in [0, 0.05) is 34.1 Å². The molecular formula is C33H26BrN3O4. The van der Waals surface area contributed by atoms with Gasteiger partial charge in [-0.1, -0.05) is 94.8 Å². The first kappa shape index (κ1) is 26.5. The van der Waals surface area contributed by atoms with Crippen LogP contribution in [0.5, 0.6) is 0 Å². The van der Waals surface area contributed by atoms with Crippen LogP contribution < -0.4 is 5.32 Å². The maximum Gasteiger partial charge on any atom is 0.407 e. The number of benzene rings is 4. The largest absolute Gasteiger partial charge is 0.480 e. The number of amides is 1. The van der Waals surface area contributed by atoms with Gasteiger partial charge in [0.2, 0.25) is 0 Å². The van der Waals surface area contributed by atoms with Crippen molar-refractivity contribution in [2.45, 2.75) is 18.4 Å². The summed E-state index contributed by atoms with van der Waals surface area (Å²) < 4.78 is 8.28. The standard InChI is InChI=1S/C33H26BrN3O4/c34-23-14-16-24(17-15-23)37-19-22(31(36-37)21-8-2-1-3-9-21)18-30(32(38)39)35-33(40)41-20-29-27-12-6-4-10-25(27)26-11-5-7-13-28(26)29/h1-17,19,29-30H,18,20H2,(H,35,40)(H,38,39). The van der Waals surface area contributed by atoms with Crippen molar-refractivity contribution in [1.82, 2.24) is 15.1 Å². The first-order valence-corrected chi connectivity index (χ1v) is 14.0. The zero-order valence-corrected chi connectivity index (χ0v) is 23.5. The zero-order valence-electron chi connectivity index (χ0n) is 21.9. The molecule has 7 nitrogen and oxygen atoms in total. The van der Waals surface area contributed by atoms with Crippen LogP contribution in [0.25, 0.3) is 28.1 Å². The minimum Gasteiger partial charge on any atom is -0.480 e. The van der Waals surface area contributed by atoms with Crippen molar-refractivity contribution in [2.24, 2.45) is 0 Å². The molecule has 0 saturated carbocycles. The number of ether oxygens (including phenoxy) is 1. The van der Waals surface area contributed by atoms with Gasteiger partial charge in [-0.2, -0.15) is 5.10 Å². The van der Waals surface area contributed by atoms with Gasteiger partial charge in [0.15, 0.2) is 0 Å². The summed E-state index contributed by atoms with van der Waals surface area (Å²) in [6, 6.07) is 32.1. The molecule has 0 spiro atoms. The smallest absolute Gasteiger partial charge is 0.407 e. The molecule has 1 unspecified atom stereocenters. The van der Waals surface area contributed by atoms with E-state index in [4.69, 9.17) is 9.84 Å². The third-order valence-corrected chi connectivity index (χ3v) is 7.81. The summed E-state index contributed by atoms with van der Waals surface area (Å²) in [6.07, 6.45) is 1.06. The number of carboxylic acid groups (broad SMARTS) is 1. The Morgan fingerprint density at radius 3 is 2.12 bits per heavy atom. The molecule has 1 aliphatic rings. The molecule has 1 aliphatic carbocycles. The fourth-order valence-electron chi connectivity index (χ4n) is 5.33. The van der Waals surface area contributed by atoms with Crippen LogP contribution in [0.4, 0.5) is 4.79 Å². The van der Waals surface area contributed by atoms with Crippen LogP contribution in [0.2, 0.25) is 0 Å². The molecule has 2 N–H and O–H groups in total. The van der Waals surface area contributed by atoms with E-state index in [-0.39, 0.29) is 18.9 Å². The predicted octanol–water partition coefficient (Wildman–Crippen LogP) is 6.84.